The highest BCUT2D eigenvalue weighted by Gasteiger charge is 2.22. The summed E-state index contributed by atoms with van der Waals surface area (Å²) in [6.07, 6.45) is 4.99. The molecule has 0 aliphatic carbocycles. The second-order valence-electron chi connectivity index (χ2n) is 7.57. The van der Waals surface area contributed by atoms with Gasteiger partial charge in [-0.25, -0.2) is 4.98 Å². The fourth-order valence-electron chi connectivity index (χ4n) is 3.38. The molecule has 2 aromatic carbocycles. The molecule has 34 heavy (non-hydrogen) atoms. The minimum Gasteiger partial charge on any atom is -0.342 e. The Hall–Kier alpha value is -3.69. The summed E-state index contributed by atoms with van der Waals surface area (Å²) in [5, 5.41) is 17.2. The normalized spacial score (nSPS) is 12.1. The van der Waals surface area contributed by atoms with Gasteiger partial charge in [-0.05, 0) is 53.6 Å². The highest BCUT2D eigenvalue weighted by Crippen LogP contribution is 2.20. The van der Waals surface area contributed by atoms with Crippen LogP contribution in [-0.4, -0.2) is 42.9 Å². The summed E-state index contributed by atoms with van der Waals surface area (Å²) in [5.41, 5.74) is 3.14. The van der Waals surface area contributed by atoms with Crippen LogP contribution in [0.5, 0.6) is 0 Å². The van der Waals surface area contributed by atoms with E-state index in [2.05, 4.69) is 25.8 Å². The van der Waals surface area contributed by atoms with Crippen LogP contribution in [-0.2, 0) is 22.4 Å². The standard InChI is InChI=1S/C24H21ClN6O2S/c1-16-14-34-24(27-16)13-22(32)20(11-17-5-3-2-4-6-17)28-23(33)10-7-18-12-19(25)8-9-21(18)31-15-26-29-30-31/h2-10,12,14-15,20H,11,13H2,1H3,(H,28,33)/b10-7+/t20-/m0/s1. The van der Waals surface area contributed by atoms with Gasteiger partial charge in [-0.3, -0.25) is 9.59 Å². The van der Waals surface area contributed by atoms with E-state index in [-0.39, 0.29) is 12.2 Å². The fraction of sp³-hybridized carbons (Fsp3) is 0.167. The van der Waals surface area contributed by atoms with Gasteiger partial charge < -0.3 is 5.32 Å². The number of nitrogens with zero attached hydrogens (tertiary/aromatic N) is 5. The van der Waals surface area contributed by atoms with Crippen molar-refractivity contribution < 1.29 is 9.59 Å². The maximum absolute atomic E-state index is 13.1. The largest absolute Gasteiger partial charge is 0.342 e. The van der Waals surface area contributed by atoms with E-state index in [1.807, 2.05) is 42.6 Å². The van der Waals surface area contributed by atoms with Gasteiger partial charge in [0.25, 0.3) is 0 Å². The van der Waals surface area contributed by atoms with Crippen LogP contribution in [0.3, 0.4) is 0 Å². The molecule has 4 aromatic rings. The Bertz CT molecular complexity index is 1300. The lowest BCUT2D eigenvalue weighted by Gasteiger charge is -2.16. The lowest BCUT2D eigenvalue weighted by molar-refractivity contribution is -0.125. The number of carbonyl (C=O) groups is 2. The molecule has 0 saturated heterocycles. The molecule has 8 nitrogen and oxygen atoms in total. The molecule has 0 aliphatic rings. The first kappa shape index (κ1) is 23.5. The number of thiazole rings is 1. The predicted molar refractivity (Wildman–Crippen MR) is 131 cm³/mol. The van der Waals surface area contributed by atoms with Crippen LogP contribution in [0.4, 0.5) is 0 Å². The van der Waals surface area contributed by atoms with E-state index >= 15 is 0 Å². The third kappa shape index (κ3) is 6.21. The summed E-state index contributed by atoms with van der Waals surface area (Å²) in [6, 6.07) is 14.1. The van der Waals surface area contributed by atoms with Crippen molar-refractivity contribution in [3.8, 4) is 5.69 Å². The van der Waals surface area contributed by atoms with Gasteiger partial charge in [0.2, 0.25) is 5.91 Å². The Morgan fingerprint density at radius 1 is 1.21 bits per heavy atom. The number of benzene rings is 2. The number of tetrazole rings is 1. The number of halogens is 1. The lowest BCUT2D eigenvalue weighted by Crippen LogP contribution is -2.42. The molecule has 4 rings (SSSR count). The Kier molecular flexibility index (Phi) is 7.56. The Morgan fingerprint density at radius 2 is 2.03 bits per heavy atom. The monoisotopic (exact) mass is 492 g/mol. The number of Topliss-reactive ketones (excluding diaryl/α,β-unsaturated/α-hetero) is 1. The molecule has 1 N–H and O–H groups in total. The zero-order valence-electron chi connectivity index (χ0n) is 18.3. The summed E-state index contributed by atoms with van der Waals surface area (Å²) in [4.78, 5) is 30.3. The van der Waals surface area contributed by atoms with Crippen molar-refractivity contribution in [1.82, 2.24) is 30.5 Å². The quantitative estimate of drug-likeness (QED) is 0.358. The lowest BCUT2D eigenvalue weighted by atomic mass is 10.0. The number of nitrogens with one attached hydrogen (secondary N) is 1. The van der Waals surface area contributed by atoms with Crippen molar-refractivity contribution in [2.45, 2.75) is 25.8 Å². The number of carbonyl (C=O) groups excluding carboxylic acids is 2. The van der Waals surface area contributed by atoms with Crippen LogP contribution in [0.2, 0.25) is 5.02 Å². The van der Waals surface area contributed by atoms with Crippen LogP contribution in [0.25, 0.3) is 11.8 Å². The average molecular weight is 493 g/mol. The minimum absolute atomic E-state index is 0.0999. The number of hydrogen-bond donors (Lipinski definition) is 1. The number of aromatic nitrogens is 5. The molecule has 0 saturated carbocycles. The van der Waals surface area contributed by atoms with Crippen LogP contribution < -0.4 is 5.32 Å². The number of hydrogen-bond acceptors (Lipinski definition) is 7. The predicted octanol–water partition coefficient (Wildman–Crippen LogP) is 3.63. The maximum Gasteiger partial charge on any atom is 0.244 e. The van der Waals surface area contributed by atoms with Gasteiger partial charge in [0.1, 0.15) is 11.3 Å². The fourth-order valence-corrected chi connectivity index (χ4v) is 4.34. The molecule has 0 unspecified atom stereocenters. The Morgan fingerprint density at radius 3 is 2.74 bits per heavy atom. The van der Waals surface area contributed by atoms with Crippen molar-refractivity contribution >= 4 is 40.7 Å². The van der Waals surface area contributed by atoms with E-state index < -0.39 is 11.9 Å². The first-order valence-corrected chi connectivity index (χ1v) is 11.7. The van der Waals surface area contributed by atoms with Gasteiger partial charge in [-0.15, -0.1) is 16.4 Å². The SMILES string of the molecule is Cc1csc(CC(=O)[C@H](Cc2ccccc2)NC(=O)/C=C/c2cc(Cl)ccc2-n2cnnn2)n1. The molecule has 172 valence electrons. The van der Waals surface area contributed by atoms with Crippen LogP contribution in [0, 0.1) is 6.92 Å². The zero-order chi connectivity index (χ0) is 23.9. The molecule has 1 amide bonds. The van der Waals surface area contributed by atoms with E-state index in [4.69, 9.17) is 11.6 Å². The molecule has 0 aliphatic heterocycles. The summed E-state index contributed by atoms with van der Waals surface area (Å²) < 4.78 is 1.48. The molecule has 1 atom stereocenters. The summed E-state index contributed by atoms with van der Waals surface area (Å²) in [6.45, 7) is 1.89. The second-order valence-corrected chi connectivity index (χ2v) is 8.95. The van der Waals surface area contributed by atoms with E-state index in [0.717, 1.165) is 16.3 Å². The highest BCUT2D eigenvalue weighted by molar-refractivity contribution is 7.09. The number of ketones is 1. The number of rotatable bonds is 9. The van der Waals surface area contributed by atoms with Crippen molar-refractivity contribution in [3.63, 3.8) is 0 Å². The van der Waals surface area contributed by atoms with E-state index in [9.17, 15) is 9.59 Å². The van der Waals surface area contributed by atoms with Crippen molar-refractivity contribution in [2.24, 2.45) is 0 Å². The van der Waals surface area contributed by atoms with E-state index in [0.29, 0.717) is 22.7 Å². The van der Waals surface area contributed by atoms with Crippen LogP contribution in [0.1, 0.15) is 21.8 Å². The number of amides is 1. The van der Waals surface area contributed by atoms with Gasteiger partial charge in [0.05, 0.1) is 18.2 Å². The zero-order valence-corrected chi connectivity index (χ0v) is 19.8. The summed E-state index contributed by atoms with van der Waals surface area (Å²) >= 11 is 7.58. The maximum atomic E-state index is 13.1. The van der Waals surface area contributed by atoms with Gasteiger partial charge in [-0.2, -0.15) is 4.68 Å². The average Bonchev–Trinajstić information content (AvgIpc) is 3.50. The van der Waals surface area contributed by atoms with Gasteiger partial charge in [0.15, 0.2) is 5.78 Å². The third-order valence-corrected chi connectivity index (χ3v) is 6.18. The first-order valence-electron chi connectivity index (χ1n) is 10.5. The topological polar surface area (TPSA) is 103 Å². The molecule has 0 radical (unpaired) electrons. The summed E-state index contributed by atoms with van der Waals surface area (Å²) in [5.74, 6) is -0.496. The van der Waals surface area contributed by atoms with Crippen LogP contribution in [0.15, 0.2) is 66.3 Å². The van der Waals surface area contributed by atoms with Crippen molar-refractivity contribution in [1.29, 1.82) is 0 Å². The van der Waals surface area contributed by atoms with E-state index in [1.165, 1.54) is 28.4 Å². The number of aryl methyl sites for hydroxylation is 1. The molecule has 0 bridgehead atoms. The third-order valence-electron chi connectivity index (χ3n) is 4.98. The minimum atomic E-state index is -0.692. The van der Waals surface area contributed by atoms with Crippen LogP contribution >= 0.6 is 22.9 Å². The molecular formula is C24H21ClN6O2S. The Balaban J connectivity index is 1.52. The highest BCUT2D eigenvalue weighted by atomic mass is 35.5. The molecule has 10 heteroatoms. The second kappa shape index (κ2) is 11.0. The molecule has 2 aromatic heterocycles. The van der Waals surface area contributed by atoms with Gasteiger partial charge >= 0.3 is 0 Å². The van der Waals surface area contributed by atoms with Crippen molar-refractivity contribution in [2.75, 3.05) is 0 Å². The molecule has 0 spiro atoms. The van der Waals surface area contributed by atoms with E-state index in [1.54, 1.807) is 24.3 Å². The Labute approximate surface area is 205 Å². The molecular weight excluding hydrogens is 472 g/mol. The first-order chi connectivity index (χ1) is 16.5. The van der Waals surface area contributed by atoms with Gasteiger partial charge in [0, 0.05) is 27.7 Å². The van der Waals surface area contributed by atoms with Crippen molar-refractivity contribution in [3.05, 3.63) is 93.2 Å². The van der Waals surface area contributed by atoms with Gasteiger partial charge in [-0.1, -0.05) is 41.9 Å². The molecule has 2 heterocycles. The molecule has 0 fully saturated rings. The smallest absolute Gasteiger partial charge is 0.244 e. The summed E-state index contributed by atoms with van der Waals surface area (Å²) in [7, 11) is 0.